The lowest BCUT2D eigenvalue weighted by molar-refractivity contribution is 0.552. The van der Waals surface area contributed by atoms with Gasteiger partial charge in [0.1, 0.15) is 0 Å². The monoisotopic (exact) mass is 251 g/mol. The first-order valence-corrected chi connectivity index (χ1v) is 6.28. The van der Waals surface area contributed by atoms with Crippen molar-refractivity contribution in [3.63, 3.8) is 0 Å². The van der Waals surface area contributed by atoms with Gasteiger partial charge in [0.25, 0.3) is 0 Å². The van der Waals surface area contributed by atoms with Crippen LogP contribution in [0.5, 0.6) is 0 Å². The van der Waals surface area contributed by atoms with Crippen LogP contribution in [0.25, 0.3) is 0 Å². The van der Waals surface area contributed by atoms with Crippen LogP contribution in [0.3, 0.4) is 0 Å². The summed E-state index contributed by atoms with van der Waals surface area (Å²) >= 11 is 0. The molecule has 2 rings (SSSR count). The number of para-hydroxylation sites is 2. The molecule has 3 nitrogen and oxygen atoms in total. The van der Waals surface area contributed by atoms with E-state index in [0.717, 1.165) is 0 Å². The first kappa shape index (κ1) is 11.6. The minimum Gasteiger partial charge on any atom is -0.212 e. The van der Waals surface area contributed by atoms with E-state index in [1.165, 1.54) is 24.3 Å². The number of halogens is 1. The predicted octanol–water partition coefficient (Wildman–Crippen LogP) is 3.04. The highest BCUT2D eigenvalue weighted by Gasteiger charge is 2.22. The lowest BCUT2D eigenvalue weighted by atomic mass is 10.3. The predicted molar refractivity (Wildman–Crippen MR) is 65.1 cm³/mol. The molecular formula is C12H10FNO2S. The molecule has 0 radical (unpaired) electrons. The van der Waals surface area contributed by atoms with Gasteiger partial charge in [-0.15, -0.1) is 0 Å². The zero-order chi connectivity index (χ0) is 12.3. The fourth-order valence-electron chi connectivity index (χ4n) is 1.53. The molecule has 0 bridgehead atoms. The molecule has 2 aromatic rings. The SMILES string of the molecule is O=S(=O)(F)N(c1ccccc1)c1ccccc1. The minimum absolute atomic E-state index is 0.265. The van der Waals surface area contributed by atoms with E-state index in [-0.39, 0.29) is 11.4 Å². The maximum absolute atomic E-state index is 13.3. The average Bonchev–Trinajstić information content (AvgIpc) is 2.30. The number of nitrogens with zero attached hydrogens (tertiary/aromatic N) is 1. The van der Waals surface area contributed by atoms with E-state index < -0.39 is 10.4 Å². The van der Waals surface area contributed by atoms with Crippen molar-refractivity contribution in [1.29, 1.82) is 0 Å². The summed E-state index contributed by atoms with van der Waals surface area (Å²) < 4.78 is 36.4. The Morgan fingerprint density at radius 1 is 0.765 bits per heavy atom. The van der Waals surface area contributed by atoms with Gasteiger partial charge in [-0.05, 0) is 24.3 Å². The zero-order valence-electron chi connectivity index (χ0n) is 8.82. The van der Waals surface area contributed by atoms with Gasteiger partial charge < -0.3 is 0 Å². The molecule has 17 heavy (non-hydrogen) atoms. The quantitative estimate of drug-likeness (QED) is 0.786. The summed E-state index contributed by atoms with van der Waals surface area (Å²) in [7, 11) is -4.84. The van der Waals surface area contributed by atoms with Crippen LogP contribution < -0.4 is 4.31 Å². The third kappa shape index (κ3) is 2.62. The first-order chi connectivity index (χ1) is 8.09. The molecule has 0 unspecified atom stereocenters. The van der Waals surface area contributed by atoms with Gasteiger partial charge in [0, 0.05) is 0 Å². The molecule has 0 fully saturated rings. The summed E-state index contributed by atoms with van der Waals surface area (Å²) in [6.45, 7) is 0. The third-order valence-corrected chi connectivity index (χ3v) is 3.06. The zero-order valence-corrected chi connectivity index (χ0v) is 9.64. The first-order valence-electron chi connectivity index (χ1n) is 4.94. The van der Waals surface area contributed by atoms with Gasteiger partial charge in [-0.25, -0.2) is 4.31 Å². The van der Waals surface area contributed by atoms with Crippen molar-refractivity contribution in [1.82, 2.24) is 0 Å². The van der Waals surface area contributed by atoms with Crippen LogP contribution in [-0.2, 0) is 10.4 Å². The van der Waals surface area contributed by atoms with E-state index in [4.69, 9.17) is 0 Å². The summed E-state index contributed by atoms with van der Waals surface area (Å²) in [5.41, 5.74) is 0.530. The molecule has 2 aromatic carbocycles. The van der Waals surface area contributed by atoms with Gasteiger partial charge in [0.15, 0.2) is 0 Å². The molecule has 0 spiro atoms. The van der Waals surface area contributed by atoms with Crippen LogP contribution in [0.15, 0.2) is 60.7 Å². The Balaban J connectivity index is 2.56. The summed E-state index contributed by atoms with van der Waals surface area (Å²) in [4.78, 5) is 0. The van der Waals surface area contributed by atoms with Crippen LogP contribution in [0.4, 0.5) is 15.3 Å². The Morgan fingerprint density at radius 3 is 1.41 bits per heavy atom. The molecule has 5 heteroatoms. The maximum Gasteiger partial charge on any atom is 0.403 e. The fourth-order valence-corrected chi connectivity index (χ4v) is 2.27. The number of hydrogen-bond donors (Lipinski definition) is 0. The highest BCUT2D eigenvalue weighted by Crippen LogP contribution is 2.28. The highest BCUT2D eigenvalue weighted by molar-refractivity contribution is 7.88. The van der Waals surface area contributed by atoms with Crippen molar-refractivity contribution in [2.24, 2.45) is 0 Å². The number of rotatable bonds is 3. The van der Waals surface area contributed by atoms with Crippen molar-refractivity contribution < 1.29 is 12.3 Å². The number of hydrogen-bond acceptors (Lipinski definition) is 2. The Hall–Kier alpha value is -1.88. The molecule has 0 amide bonds. The summed E-state index contributed by atoms with van der Waals surface area (Å²) in [5, 5.41) is 0. The van der Waals surface area contributed by atoms with Crippen molar-refractivity contribution >= 4 is 21.8 Å². The molecule has 0 aliphatic carbocycles. The molecule has 0 heterocycles. The molecule has 0 atom stereocenters. The minimum atomic E-state index is -4.84. The molecule has 0 N–H and O–H groups in total. The summed E-state index contributed by atoms with van der Waals surface area (Å²) in [6.07, 6.45) is 0. The van der Waals surface area contributed by atoms with Crippen LogP contribution in [0.2, 0.25) is 0 Å². The van der Waals surface area contributed by atoms with E-state index >= 15 is 0 Å². The molecule has 0 aliphatic heterocycles. The number of anilines is 2. The number of benzene rings is 2. The molecule has 0 saturated heterocycles. The van der Waals surface area contributed by atoms with Gasteiger partial charge in [-0.2, -0.15) is 8.42 Å². The normalized spacial score (nSPS) is 11.1. The molecule has 0 aliphatic rings. The van der Waals surface area contributed by atoms with Crippen molar-refractivity contribution in [2.45, 2.75) is 0 Å². The van der Waals surface area contributed by atoms with Crippen molar-refractivity contribution in [2.75, 3.05) is 4.31 Å². The summed E-state index contributed by atoms with van der Waals surface area (Å²) in [5.74, 6) is 0. The smallest absolute Gasteiger partial charge is 0.212 e. The average molecular weight is 251 g/mol. The van der Waals surface area contributed by atoms with Crippen molar-refractivity contribution in [3.8, 4) is 0 Å². The fraction of sp³-hybridized carbons (Fsp3) is 0. The van der Waals surface area contributed by atoms with Crippen LogP contribution in [-0.4, -0.2) is 8.42 Å². The Morgan fingerprint density at radius 2 is 1.12 bits per heavy atom. The van der Waals surface area contributed by atoms with E-state index in [0.29, 0.717) is 4.31 Å². The lowest BCUT2D eigenvalue weighted by Gasteiger charge is -2.19. The Labute approximate surface area is 99.5 Å². The van der Waals surface area contributed by atoms with Crippen LogP contribution in [0, 0.1) is 0 Å². The van der Waals surface area contributed by atoms with E-state index in [2.05, 4.69) is 0 Å². The van der Waals surface area contributed by atoms with Gasteiger partial charge in [-0.3, -0.25) is 0 Å². The standard InChI is InChI=1S/C12H10FNO2S/c13-17(15,16)14(11-7-3-1-4-8-11)12-9-5-2-6-10-12/h1-10H. The molecule has 0 aromatic heterocycles. The second-order valence-electron chi connectivity index (χ2n) is 3.38. The Bertz CT molecular complexity index is 545. The van der Waals surface area contributed by atoms with E-state index in [9.17, 15) is 12.3 Å². The maximum atomic E-state index is 13.3. The molecular weight excluding hydrogens is 241 g/mol. The van der Waals surface area contributed by atoms with Crippen LogP contribution >= 0.6 is 0 Å². The lowest BCUT2D eigenvalue weighted by Crippen LogP contribution is -2.21. The third-order valence-electron chi connectivity index (χ3n) is 2.20. The van der Waals surface area contributed by atoms with Crippen molar-refractivity contribution in [3.05, 3.63) is 60.7 Å². The Kier molecular flexibility index (Phi) is 3.10. The molecule has 0 saturated carbocycles. The second-order valence-corrected chi connectivity index (χ2v) is 4.57. The van der Waals surface area contributed by atoms with Gasteiger partial charge >= 0.3 is 10.4 Å². The molecule has 88 valence electrons. The van der Waals surface area contributed by atoms with E-state index in [1.807, 2.05) is 0 Å². The van der Waals surface area contributed by atoms with Crippen LogP contribution in [0.1, 0.15) is 0 Å². The topological polar surface area (TPSA) is 37.4 Å². The second kappa shape index (κ2) is 4.55. The van der Waals surface area contributed by atoms with Gasteiger partial charge in [0.05, 0.1) is 11.4 Å². The highest BCUT2D eigenvalue weighted by atomic mass is 32.3. The van der Waals surface area contributed by atoms with E-state index in [1.54, 1.807) is 36.4 Å². The summed E-state index contributed by atoms with van der Waals surface area (Å²) in [6, 6.07) is 16.2. The van der Waals surface area contributed by atoms with Gasteiger partial charge in [0.2, 0.25) is 0 Å². The van der Waals surface area contributed by atoms with Gasteiger partial charge in [-0.1, -0.05) is 40.3 Å². The largest absolute Gasteiger partial charge is 0.403 e.